The fourth-order valence-corrected chi connectivity index (χ4v) is 7.74. The Bertz CT molecular complexity index is 807. The van der Waals surface area contributed by atoms with Gasteiger partial charge in [-0.15, -0.1) is 0 Å². The molecule has 0 aromatic rings. The minimum absolute atomic E-state index is 0.00136. The van der Waals surface area contributed by atoms with Crippen molar-refractivity contribution in [3.63, 3.8) is 0 Å². The molecule has 29 heavy (non-hydrogen) atoms. The molecule has 0 aromatic carbocycles. The monoisotopic (exact) mass is 405 g/mol. The van der Waals surface area contributed by atoms with Gasteiger partial charge in [-0.25, -0.2) is 0 Å². The number of amides is 1. The topological polar surface area (TPSA) is 138 Å². The smallest absolute Gasteiger partial charge is 0.221 e. The molecule has 1 unspecified atom stereocenters. The second-order valence-corrected chi connectivity index (χ2v) is 10.1. The number of carbonyl (C=O) groups excluding carboxylic acids is 3. The first-order valence-corrected chi connectivity index (χ1v) is 10.6. The maximum Gasteiger partial charge on any atom is 0.221 e. The summed E-state index contributed by atoms with van der Waals surface area (Å²) in [6, 6.07) is 0. The number of carbonyl (C=O) groups is 3. The number of aliphatic hydroxyl groups excluding tert-OH is 2. The molecule has 160 valence electrons. The summed E-state index contributed by atoms with van der Waals surface area (Å²) in [5.41, 5.74) is 3.41. The van der Waals surface area contributed by atoms with E-state index in [-0.39, 0.29) is 42.8 Å². The first kappa shape index (κ1) is 20.7. The van der Waals surface area contributed by atoms with E-state index in [0.29, 0.717) is 12.8 Å². The molecule has 4 rings (SSSR count). The van der Waals surface area contributed by atoms with Crippen LogP contribution in [-0.2, 0) is 14.4 Å². The van der Waals surface area contributed by atoms with Crippen LogP contribution in [0, 0.1) is 34.5 Å². The molecule has 4 aliphatic rings. The van der Waals surface area contributed by atoms with Crippen molar-refractivity contribution >= 4 is 17.5 Å². The predicted molar refractivity (Wildman–Crippen MR) is 103 cm³/mol. The van der Waals surface area contributed by atoms with Crippen molar-refractivity contribution in [3.8, 4) is 0 Å². The third kappa shape index (κ3) is 2.50. The molecule has 3 fully saturated rings. The number of hydrogen-bond donors (Lipinski definition) is 4. The van der Waals surface area contributed by atoms with Gasteiger partial charge in [0.2, 0.25) is 5.91 Å². The van der Waals surface area contributed by atoms with Gasteiger partial charge in [0, 0.05) is 17.3 Å². The molecule has 0 heterocycles. The second-order valence-electron chi connectivity index (χ2n) is 10.1. The van der Waals surface area contributed by atoms with E-state index < -0.39 is 46.8 Å². The van der Waals surface area contributed by atoms with Gasteiger partial charge in [-0.05, 0) is 55.9 Å². The molecule has 0 aromatic heterocycles. The molecule has 7 heteroatoms. The summed E-state index contributed by atoms with van der Waals surface area (Å²) in [5, 5.41) is 32.0. The Morgan fingerprint density at radius 2 is 1.97 bits per heavy atom. The van der Waals surface area contributed by atoms with Crippen LogP contribution in [0.2, 0.25) is 0 Å². The van der Waals surface area contributed by atoms with E-state index in [1.807, 2.05) is 13.8 Å². The third-order valence-electron chi connectivity index (χ3n) is 9.15. The van der Waals surface area contributed by atoms with Gasteiger partial charge in [-0.3, -0.25) is 14.4 Å². The highest BCUT2D eigenvalue weighted by Crippen LogP contribution is 2.68. The van der Waals surface area contributed by atoms with Gasteiger partial charge in [-0.1, -0.05) is 19.4 Å². The molecule has 8 atom stereocenters. The van der Waals surface area contributed by atoms with Crippen LogP contribution in [0.5, 0.6) is 0 Å². The fraction of sp³-hybridized carbons (Fsp3) is 0.773. The molecule has 5 N–H and O–H groups in total. The van der Waals surface area contributed by atoms with E-state index >= 15 is 0 Å². The van der Waals surface area contributed by atoms with Crippen molar-refractivity contribution < 1.29 is 29.7 Å². The molecular weight excluding hydrogens is 374 g/mol. The van der Waals surface area contributed by atoms with Crippen molar-refractivity contribution in [2.45, 2.75) is 64.1 Å². The number of allylic oxidation sites excluding steroid dienone is 1. The lowest BCUT2D eigenvalue weighted by molar-refractivity contribution is -0.186. The summed E-state index contributed by atoms with van der Waals surface area (Å²) in [6.45, 7) is 3.07. The molecule has 0 bridgehead atoms. The van der Waals surface area contributed by atoms with Gasteiger partial charge in [0.1, 0.15) is 12.2 Å². The highest BCUT2D eigenvalue weighted by molar-refractivity contribution is 5.96. The number of fused-ring (bicyclic) bond motifs is 5. The van der Waals surface area contributed by atoms with Gasteiger partial charge in [0.05, 0.1) is 12.0 Å². The fourth-order valence-electron chi connectivity index (χ4n) is 7.74. The summed E-state index contributed by atoms with van der Waals surface area (Å²) in [5.74, 6) is -2.15. The third-order valence-corrected chi connectivity index (χ3v) is 9.15. The van der Waals surface area contributed by atoms with Gasteiger partial charge in [0.15, 0.2) is 11.6 Å². The zero-order chi connectivity index (χ0) is 21.4. The number of rotatable bonds is 3. The zero-order valence-corrected chi connectivity index (χ0v) is 17.1. The van der Waals surface area contributed by atoms with Gasteiger partial charge in [-0.2, -0.15) is 0 Å². The van der Waals surface area contributed by atoms with Crippen LogP contribution in [0.4, 0.5) is 0 Å². The molecule has 3 saturated carbocycles. The number of nitrogens with two attached hydrogens (primary N) is 1. The zero-order valence-electron chi connectivity index (χ0n) is 17.1. The van der Waals surface area contributed by atoms with Crippen LogP contribution in [-0.4, -0.2) is 51.1 Å². The average Bonchev–Trinajstić information content (AvgIpc) is 2.92. The largest absolute Gasteiger partial charge is 0.393 e. The lowest BCUT2D eigenvalue weighted by atomic mass is 9.43. The van der Waals surface area contributed by atoms with E-state index in [9.17, 15) is 29.7 Å². The summed E-state index contributed by atoms with van der Waals surface area (Å²) in [4.78, 5) is 37.0. The van der Waals surface area contributed by atoms with Crippen LogP contribution in [0.15, 0.2) is 11.6 Å². The molecule has 4 aliphatic carbocycles. The highest BCUT2D eigenvalue weighted by Gasteiger charge is 2.69. The van der Waals surface area contributed by atoms with Gasteiger partial charge < -0.3 is 21.1 Å². The molecule has 1 amide bonds. The number of primary amides is 1. The Morgan fingerprint density at radius 3 is 2.59 bits per heavy atom. The van der Waals surface area contributed by atoms with Crippen LogP contribution in [0.3, 0.4) is 0 Å². The van der Waals surface area contributed by atoms with Crippen molar-refractivity contribution in [2.75, 3.05) is 6.61 Å². The number of hydrogen-bond acceptors (Lipinski definition) is 6. The molecule has 0 spiro atoms. The predicted octanol–water partition coefficient (Wildman–Crippen LogP) is 0.493. The van der Waals surface area contributed by atoms with Gasteiger partial charge in [0.25, 0.3) is 0 Å². The summed E-state index contributed by atoms with van der Waals surface area (Å²) < 4.78 is 0. The van der Waals surface area contributed by atoms with Gasteiger partial charge >= 0.3 is 0 Å². The van der Waals surface area contributed by atoms with E-state index in [2.05, 4.69) is 0 Å². The van der Waals surface area contributed by atoms with E-state index in [4.69, 9.17) is 5.73 Å². The highest BCUT2D eigenvalue weighted by atomic mass is 16.3. The Balaban J connectivity index is 1.79. The van der Waals surface area contributed by atoms with E-state index in [1.165, 1.54) is 0 Å². The van der Waals surface area contributed by atoms with Crippen LogP contribution < -0.4 is 5.73 Å². The lowest BCUT2D eigenvalue weighted by Gasteiger charge is -2.61. The summed E-state index contributed by atoms with van der Waals surface area (Å²) >= 11 is 0. The van der Waals surface area contributed by atoms with Crippen molar-refractivity contribution in [2.24, 2.45) is 40.2 Å². The SMILES string of the molecule is C[C@]12C(=CC(=O)CC1C(N)=O)CC[C@@H]1[C@@H]2[C@@H](O)C[C@@]2(C)[C@H]1CC[C@]2(O)C(=O)CO. The second kappa shape index (κ2) is 6.46. The Morgan fingerprint density at radius 1 is 1.28 bits per heavy atom. The quantitative estimate of drug-likeness (QED) is 0.539. The number of Topliss-reactive ketones (excluding diaryl/α,β-unsaturated/α-hetero) is 1. The number of aliphatic hydroxyl groups is 3. The van der Waals surface area contributed by atoms with Crippen LogP contribution in [0.25, 0.3) is 0 Å². The molecule has 0 saturated heterocycles. The average molecular weight is 405 g/mol. The van der Waals surface area contributed by atoms with Crippen molar-refractivity contribution in [1.29, 1.82) is 0 Å². The first-order chi connectivity index (χ1) is 13.5. The Kier molecular flexibility index (Phi) is 4.61. The minimum atomic E-state index is -1.65. The minimum Gasteiger partial charge on any atom is -0.393 e. The summed E-state index contributed by atoms with van der Waals surface area (Å²) in [6.07, 6.45) is 3.31. The van der Waals surface area contributed by atoms with Crippen molar-refractivity contribution in [3.05, 3.63) is 11.6 Å². The Hall–Kier alpha value is -1.57. The van der Waals surface area contributed by atoms with E-state index in [0.717, 1.165) is 12.0 Å². The molecule has 0 aliphatic heterocycles. The molecule has 0 radical (unpaired) electrons. The summed E-state index contributed by atoms with van der Waals surface area (Å²) in [7, 11) is 0. The molecule has 7 nitrogen and oxygen atoms in total. The normalized spacial score (nSPS) is 48.9. The van der Waals surface area contributed by atoms with E-state index in [1.54, 1.807) is 6.08 Å². The van der Waals surface area contributed by atoms with Crippen molar-refractivity contribution in [1.82, 2.24) is 0 Å². The van der Waals surface area contributed by atoms with Crippen LogP contribution in [0.1, 0.15) is 52.4 Å². The molecular formula is C22H31NO6. The standard InChI is InChI=1S/C22H31NO6/c1-20-9-16(26)18-13(14(20)5-6-22(20,29)17(27)10-24)4-3-11-7-12(25)8-15(19(23)28)21(11,18)2/h7,13-16,18,24,26,29H,3-6,8-10H2,1-2H3,(H2,23,28)/t13-,14-,15?,16-,18+,20-,21-,22-/m0/s1. The maximum atomic E-state index is 12.4. The lowest BCUT2D eigenvalue weighted by Crippen LogP contribution is -2.64. The number of ketones is 2. The first-order valence-electron chi connectivity index (χ1n) is 10.6. The Labute approximate surface area is 170 Å². The van der Waals surface area contributed by atoms with Crippen LogP contribution >= 0.6 is 0 Å². The maximum absolute atomic E-state index is 12.4.